The Morgan fingerprint density at radius 3 is 2.95 bits per heavy atom. The van der Waals surface area contributed by atoms with Gasteiger partial charge in [0.15, 0.2) is 5.75 Å². The third-order valence-corrected chi connectivity index (χ3v) is 3.27. The van der Waals surface area contributed by atoms with Crippen LogP contribution in [0.25, 0.3) is 0 Å². The van der Waals surface area contributed by atoms with Crippen molar-refractivity contribution in [2.24, 2.45) is 0 Å². The summed E-state index contributed by atoms with van der Waals surface area (Å²) in [5, 5.41) is 11.5. The van der Waals surface area contributed by atoms with Crippen LogP contribution in [0, 0.1) is 6.92 Å². The molecule has 2 rings (SSSR count). The molecule has 2 heterocycles. The van der Waals surface area contributed by atoms with Gasteiger partial charge in [-0.25, -0.2) is 4.79 Å². The average molecular weight is 305 g/mol. The zero-order chi connectivity index (χ0) is 15.9. The molecule has 0 aromatic carbocycles. The van der Waals surface area contributed by atoms with E-state index in [0.29, 0.717) is 11.5 Å². The second-order valence-corrected chi connectivity index (χ2v) is 4.79. The molecule has 7 heteroatoms. The van der Waals surface area contributed by atoms with Gasteiger partial charge >= 0.3 is 5.97 Å². The van der Waals surface area contributed by atoms with Gasteiger partial charge in [0.25, 0.3) is 0 Å². The fourth-order valence-electron chi connectivity index (χ4n) is 1.99. The van der Waals surface area contributed by atoms with Crippen LogP contribution in [0.5, 0.6) is 5.75 Å². The maximum atomic E-state index is 11.6. The molecule has 0 saturated heterocycles. The number of rotatable bonds is 7. The molecule has 0 fully saturated rings. The molecule has 0 saturated carbocycles. The van der Waals surface area contributed by atoms with Crippen LogP contribution in [0.15, 0.2) is 16.8 Å². The van der Waals surface area contributed by atoms with Crippen molar-refractivity contribution in [2.75, 3.05) is 7.11 Å². The summed E-state index contributed by atoms with van der Waals surface area (Å²) >= 11 is 0. The highest BCUT2D eigenvalue weighted by atomic mass is 16.5. The number of esters is 1. The minimum absolute atomic E-state index is 0.0502. The summed E-state index contributed by atoms with van der Waals surface area (Å²) < 4.78 is 15.6. The maximum absolute atomic E-state index is 11.6. The fourth-order valence-corrected chi connectivity index (χ4v) is 1.99. The molecule has 0 N–H and O–H groups in total. The summed E-state index contributed by atoms with van der Waals surface area (Å²) in [7, 11) is 1.29. The SMILES string of the molecule is CCCCc1noc(C)c1COc1ccnnc1C(=O)OC. The van der Waals surface area contributed by atoms with Crippen LogP contribution >= 0.6 is 0 Å². The first-order valence-corrected chi connectivity index (χ1v) is 7.14. The number of aromatic nitrogens is 3. The van der Waals surface area contributed by atoms with Crippen molar-refractivity contribution >= 4 is 5.97 Å². The summed E-state index contributed by atoms with van der Waals surface area (Å²) in [4.78, 5) is 11.6. The molecule has 0 amide bonds. The molecule has 0 aliphatic carbocycles. The Morgan fingerprint density at radius 2 is 2.23 bits per heavy atom. The van der Waals surface area contributed by atoms with Gasteiger partial charge in [-0.05, 0) is 19.8 Å². The molecule has 22 heavy (non-hydrogen) atoms. The van der Waals surface area contributed by atoms with Crippen LogP contribution in [0.3, 0.4) is 0 Å². The van der Waals surface area contributed by atoms with E-state index in [1.54, 1.807) is 6.07 Å². The van der Waals surface area contributed by atoms with E-state index in [9.17, 15) is 4.79 Å². The number of unbranched alkanes of at least 4 members (excludes halogenated alkanes) is 1. The number of nitrogens with zero attached hydrogens (tertiary/aromatic N) is 3. The molecule has 0 aliphatic rings. The Labute approximate surface area is 128 Å². The summed E-state index contributed by atoms with van der Waals surface area (Å²) in [5.41, 5.74) is 1.84. The smallest absolute Gasteiger partial charge is 0.362 e. The minimum Gasteiger partial charge on any atom is -0.486 e. The highest BCUT2D eigenvalue weighted by Gasteiger charge is 2.18. The first kappa shape index (κ1) is 15.9. The molecular formula is C15H19N3O4. The maximum Gasteiger partial charge on any atom is 0.362 e. The first-order valence-electron chi connectivity index (χ1n) is 7.14. The van der Waals surface area contributed by atoms with Gasteiger partial charge in [-0.3, -0.25) is 0 Å². The summed E-state index contributed by atoms with van der Waals surface area (Å²) in [6.07, 6.45) is 4.40. The molecule has 0 atom stereocenters. The van der Waals surface area contributed by atoms with Crippen LogP contribution in [-0.2, 0) is 17.8 Å². The molecule has 2 aromatic rings. The molecular weight excluding hydrogens is 286 g/mol. The number of carbonyl (C=O) groups is 1. The van der Waals surface area contributed by atoms with Crippen molar-refractivity contribution in [1.82, 2.24) is 15.4 Å². The molecule has 0 spiro atoms. The Bertz CT molecular complexity index is 639. The van der Waals surface area contributed by atoms with Gasteiger partial charge in [0, 0.05) is 6.07 Å². The number of ether oxygens (including phenoxy) is 2. The molecule has 0 aliphatic heterocycles. The Balaban J connectivity index is 2.14. The number of aryl methyl sites for hydroxylation is 2. The number of carbonyl (C=O) groups excluding carboxylic acids is 1. The lowest BCUT2D eigenvalue weighted by Crippen LogP contribution is -2.10. The van der Waals surface area contributed by atoms with E-state index < -0.39 is 5.97 Å². The van der Waals surface area contributed by atoms with Gasteiger partial charge < -0.3 is 14.0 Å². The molecule has 118 valence electrons. The van der Waals surface area contributed by atoms with E-state index in [2.05, 4.69) is 27.0 Å². The van der Waals surface area contributed by atoms with Crippen LogP contribution in [-0.4, -0.2) is 28.4 Å². The number of hydrogen-bond acceptors (Lipinski definition) is 7. The molecule has 0 radical (unpaired) electrons. The Kier molecular flexibility index (Phi) is 5.46. The van der Waals surface area contributed by atoms with Crippen LogP contribution < -0.4 is 4.74 Å². The van der Waals surface area contributed by atoms with Crippen LogP contribution in [0.4, 0.5) is 0 Å². The lowest BCUT2D eigenvalue weighted by atomic mass is 10.1. The van der Waals surface area contributed by atoms with Crippen molar-refractivity contribution < 1.29 is 18.8 Å². The van der Waals surface area contributed by atoms with Gasteiger partial charge in [-0.15, -0.1) is 5.10 Å². The van der Waals surface area contributed by atoms with Crippen molar-refractivity contribution in [3.05, 3.63) is 35.0 Å². The van der Waals surface area contributed by atoms with Crippen LogP contribution in [0.1, 0.15) is 47.3 Å². The van der Waals surface area contributed by atoms with Gasteiger partial charge in [0.05, 0.1) is 24.6 Å². The van der Waals surface area contributed by atoms with E-state index in [0.717, 1.165) is 30.5 Å². The standard InChI is InChI=1S/C15H19N3O4/c1-4-5-6-12-11(10(2)22-18-12)9-21-13-7-8-16-17-14(13)15(19)20-3/h7-8H,4-6,9H2,1-3H3. The molecule has 2 aromatic heterocycles. The van der Waals surface area contributed by atoms with Crippen molar-refractivity contribution in [2.45, 2.75) is 39.7 Å². The summed E-state index contributed by atoms with van der Waals surface area (Å²) in [6, 6.07) is 1.58. The quantitative estimate of drug-likeness (QED) is 0.726. The van der Waals surface area contributed by atoms with E-state index in [-0.39, 0.29) is 12.3 Å². The van der Waals surface area contributed by atoms with Gasteiger partial charge in [-0.1, -0.05) is 18.5 Å². The molecule has 0 unspecified atom stereocenters. The number of hydrogen-bond donors (Lipinski definition) is 0. The van der Waals surface area contributed by atoms with E-state index in [4.69, 9.17) is 9.26 Å². The molecule has 0 bridgehead atoms. The average Bonchev–Trinajstić information content (AvgIpc) is 2.90. The van der Waals surface area contributed by atoms with E-state index in [1.807, 2.05) is 6.92 Å². The molecule has 7 nitrogen and oxygen atoms in total. The minimum atomic E-state index is -0.587. The second kappa shape index (κ2) is 7.53. The lowest BCUT2D eigenvalue weighted by Gasteiger charge is -2.08. The monoisotopic (exact) mass is 305 g/mol. The third-order valence-electron chi connectivity index (χ3n) is 3.27. The Hall–Kier alpha value is -2.44. The first-order chi connectivity index (χ1) is 10.7. The third kappa shape index (κ3) is 3.60. The van der Waals surface area contributed by atoms with Crippen LogP contribution in [0.2, 0.25) is 0 Å². The Morgan fingerprint density at radius 1 is 1.41 bits per heavy atom. The fraction of sp³-hybridized carbons (Fsp3) is 0.467. The van der Waals surface area contributed by atoms with Gasteiger partial charge in [0.1, 0.15) is 12.4 Å². The van der Waals surface area contributed by atoms with Gasteiger partial charge in [-0.2, -0.15) is 5.10 Å². The van der Waals surface area contributed by atoms with Gasteiger partial charge in [0.2, 0.25) is 5.69 Å². The highest BCUT2D eigenvalue weighted by molar-refractivity contribution is 5.89. The van der Waals surface area contributed by atoms with Crippen molar-refractivity contribution in [1.29, 1.82) is 0 Å². The summed E-state index contributed by atoms with van der Waals surface area (Å²) in [6.45, 7) is 4.21. The predicted octanol–water partition coefficient (Wildman–Crippen LogP) is 2.48. The number of methoxy groups -OCH3 is 1. The largest absolute Gasteiger partial charge is 0.486 e. The second-order valence-electron chi connectivity index (χ2n) is 4.79. The normalized spacial score (nSPS) is 10.5. The topological polar surface area (TPSA) is 87.3 Å². The van der Waals surface area contributed by atoms with E-state index in [1.165, 1.54) is 13.3 Å². The lowest BCUT2D eigenvalue weighted by molar-refractivity contribution is 0.0586. The van der Waals surface area contributed by atoms with E-state index >= 15 is 0 Å². The van der Waals surface area contributed by atoms with Crippen molar-refractivity contribution in [3.8, 4) is 5.75 Å². The zero-order valence-corrected chi connectivity index (χ0v) is 13.0. The summed E-state index contributed by atoms with van der Waals surface area (Å²) in [5.74, 6) is 0.452. The highest BCUT2D eigenvalue weighted by Crippen LogP contribution is 2.21. The predicted molar refractivity (Wildman–Crippen MR) is 77.6 cm³/mol. The zero-order valence-electron chi connectivity index (χ0n) is 13.0. The van der Waals surface area contributed by atoms with Crippen molar-refractivity contribution in [3.63, 3.8) is 0 Å².